The Labute approximate surface area is 142 Å². The van der Waals surface area contributed by atoms with E-state index in [-0.39, 0.29) is 16.9 Å². The summed E-state index contributed by atoms with van der Waals surface area (Å²) in [7, 11) is 0. The van der Waals surface area contributed by atoms with E-state index in [1.54, 1.807) is 12.1 Å². The van der Waals surface area contributed by atoms with Gasteiger partial charge in [-0.1, -0.05) is 43.3 Å². The van der Waals surface area contributed by atoms with Gasteiger partial charge in [-0.05, 0) is 49.9 Å². The number of para-hydroxylation sites is 1. The molecule has 0 saturated heterocycles. The summed E-state index contributed by atoms with van der Waals surface area (Å²) in [6.07, 6.45) is 2.19. The van der Waals surface area contributed by atoms with Crippen LogP contribution in [-0.4, -0.2) is 27.4 Å². The van der Waals surface area contributed by atoms with Crippen LogP contribution < -0.4 is 0 Å². The number of carboxylic acid groups (broad SMARTS) is 1. The van der Waals surface area contributed by atoms with Gasteiger partial charge in [0, 0.05) is 5.71 Å². The Hall–Kier alpha value is -2.62. The number of aliphatic imine (C=N–C) groups is 1. The summed E-state index contributed by atoms with van der Waals surface area (Å²) in [6, 6.07) is 14.4. The first kappa shape index (κ1) is 17.7. The summed E-state index contributed by atoms with van der Waals surface area (Å²) in [5.41, 5.74) is 4.03. The van der Waals surface area contributed by atoms with E-state index in [1.165, 1.54) is 29.0 Å². The second kappa shape index (κ2) is 7.30. The molecule has 2 aromatic carbocycles. The molecular formula is C20H23NO3. The van der Waals surface area contributed by atoms with Crippen LogP contribution in [0, 0.1) is 0 Å². The highest BCUT2D eigenvalue weighted by Crippen LogP contribution is 2.29. The van der Waals surface area contributed by atoms with E-state index < -0.39 is 5.97 Å². The molecule has 1 unspecified atom stereocenters. The predicted octanol–water partition coefficient (Wildman–Crippen LogP) is 4.31. The molecule has 126 valence electrons. The molecule has 4 heteroatoms. The fraction of sp³-hybridized carbons (Fsp3) is 0.300. The van der Waals surface area contributed by atoms with E-state index in [1.807, 2.05) is 0 Å². The zero-order valence-electron chi connectivity index (χ0n) is 14.3. The Morgan fingerprint density at radius 1 is 1.17 bits per heavy atom. The van der Waals surface area contributed by atoms with Crippen LogP contribution >= 0.6 is 0 Å². The van der Waals surface area contributed by atoms with Crippen molar-refractivity contribution in [1.82, 2.24) is 0 Å². The number of aromatic carboxylic acids is 1. The Bertz CT molecular complexity index is 767. The Morgan fingerprint density at radius 2 is 1.79 bits per heavy atom. The van der Waals surface area contributed by atoms with Gasteiger partial charge in [-0.2, -0.15) is 0 Å². The molecule has 0 radical (unpaired) electrons. The molecule has 1 heterocycles. The molecule has 1 atom stereocenters. The minimum atomic E-state index is -1.11. The van der Waals surface area contributed by atoms with Crippen molar-refractivity contribution in [2.45, 2.75) is 39.2 Å². The number of hydrogen-bond acceptors (Lipinski definition) is 3. The van der Waals surface area contributed by atoms with Crippen molar-refractivity contribution >= 4 is 11.7 Å². The number of nitrogens with zero attached hydrogens (tertiary/aromatic N) is 1. The lowest BCUT2D eigenvalue weighted by molar-refractivity contribution is 0.0693. The number of aromatic hydroxyl groups is 1. The normalized spacial score (nSPS) is 18.7. The van der Waals surface area contributed by atoms with Crippen molar-refractivity contribution in [3.63, 3.8) is 0 Å². The van der Waals surface area contributed by atoms with Crippen LogP contribution in [0.3, 0.4) is 0 Å². The fourth-order valence-electron chi connectivity index (χ4n) is 2.80. The van der Waals surface area contributed by atoms with Gasteiger partial charge in [-0.25, -0.2) is 4.79 Å². The van der Waals surface area contributed by atoms with E-state index in [2.05, 4.69) is 45.0 Å². The molecule has 2 aromatic rings. The van der Waals surface area contributed by atoms with Gasteiger partial charge in [-0.15, -0.1) is 0 Å². The van der Waals surface area contributed by atoms with Gasteiger partial charge in [0.15, 0.2) is 0 Å². The highest BCUT2D eigenvalue weighted by molar-refractivity contribution is 6.01. The molecular weight excluding hydrogens is 302 g/mol. The molecule has 0 amide bonds. The van der Waals surface area contributed by atoms with Gasteiger partial charge in [0.2, 0.25) is 0 Å². The topological polar surface area (TPSA) is 69.9 Å². The lowest BCUT2D eigenvalue weighted by Crippen LogP contribution is -2.30. The van der Waals surface area contributed by atoms with Crippen molar-refractivity contribution in [1.29, 1.82) is 0 Å². The Balaban J connectivity index is 0.000000185. The molecule has 4 nitrogen and oxygen atoms in total. The average molecular weight is 325 g/mol. The van der Waals surface area contributed by atoms with Gasteiger partial charge in [0.25, 0.3) is 0 Å². The summed E-state index contributed by atoms with van der Waals surface area (Å²) in [6.45, 7) is 6.57. The van der Waals surface area contributed by atoms with Crippen LogP contribution in [0.2, 0.25) is 0 Å². The first-order valence-electron chi connectivity index (χ1n) is 8.02. The van der Waals surface area contributed by atoms with E-state index in [0.717, 1.165) is 12.8 Å². The van der Waals surface area contributed by atoms with Crippen molar-refractivity contribution < 1.29 is 15.0 Å². The van der Waals surface area contributed by atoms with Crippen LogP contribution in [0.5, 0.6) is 5.75 Å². The van der Waals surface area contributed by atoms with E-state index in [0.29, 0.717) is 0 Å². The van der Waals surface area contributed by atoms with Crippen LogP contribution in [0.15, 0.2) is 53.5 Å². The minimum Gasteiger partial charge on any atom is -0.507 e. The van der Waals surface area contributed by atoms with Crippen molar-refractivity contribution in [2.24, 2.45) is 4.99 Å². The second-order valence-electron chi connectivity index (χ2n) is 6.20. The first-order valence-corrected chi connectivity index (χ1v) is 8.02. The minimum absolute atomic E-state index is 0.0671. The van der Waals surface area contributed by atoms with E-state index in [4.69, 9.17) is 15.2 Å². The average Bonchev–Trinajstić information content (AvgIpc) is 2.55. The molecule has 1 aliphatic rings. The van der Waals surface area contributed by atoms with Gasteiger partial charge < -0.3 is 10.2 Å². The SMILES string of the molecule is CCC1(C)Cc2ccccc2C(C)=N1.O=C(O)c1ccccc1O. The van der Waals surface area contributed by atoms with Crippen LogP contribution in [-0.2, 0) is 6.42 Å². The predicted molar refractivity (Wildman–Crippen MR) is 96.1 cm³/mol. The van der Waals surface area contributed by atoms with Gasteiger partial charge >= 0.3 is 5.97 Å². The standard InChI is InChI=1S/C13H17N.C7H6O3/c1-4-13(3)9-11-7-5-6-8-12(11)10(2)14-13;8-6-4-2-1-3-5(6)7(9)10/h5-8H,4,9H2,1-3H3;1-4,8H,(H,9,10). The third-order valence-corrected chi connectivity index (χ3v) is 4.31. The molecule has 0 bridgehead atoms. The molecule has 24 heavy (non-hydrogen) atoms. The second-order valence-corrected chi connectivity index (χ2v) is 6.20. The lowest BCUT2D eigenvalue weighted by atomic mass is 9.84. The number of carbonyl (C=O) groups is 1. The number of benzene rings is 2. The van der Waals surface area contributed by atoms with Crippen molar-refractivity contribution in [2.75, 3.05) is 0 Å². The molecule has 0 aromatic heterocycles. The molecule has 2 N–H and O–H groups in total. The summed E-state index contributed by atoms with van der Waals surface area (Å²) in [4.78, 5) is 15.1. The maximum atomic E-state index is 10.3. The lowest BCUT2D eigenvalue weighted by Gasteiger charge is -2.30. The number of rotatable bonds is 2. The molecule has 0 fully saturated rings. The zero-order valence-corrected chi connectivity index (χ0v) is 14.3. The summed E-state index contributed by atoms with van der Waals surface area (Å²) >= 11 is 0. The number of hydrogen-bond donors (Lipinski definition) is 2. The maximum absolute atomic E-state index is 10.3. The number of carboxylic acids is 1. The largest absolute Gasteiger partial charge is 0.507 e. The first-order chi connectivity index (χ1) is 11.4. The van der Waals surface area contributed by atoms with Crippen molar-refractivity contribution in [3.05, 3.63) is 65.2 Å². The third-order valence-electron chi connectivity index (χ3n) is 4.31. The molecule has 0 aliphatic carbocycles. The number of fused-ring (bicyclic) bond motifs is 1. The van der Waals surface area contributed by atoms with E-state index >= 15 is 0 Å². The summed E-state index contributed by atoms with van der Waals surface area (Å²) in [5, 5.41) is 17.3. The van der Waals surface area contributed by atoms with Crippen molar-refractivity contribution in [3.8, 4) is 5.75 Å². The number of phenols is 1. The molecule has 0 spiro atoms. The van der Waals surface area contributed by atoms with E-state index in [9.17, 15) is 4.79 Å². The quantitative estimate of drug-likeness (QED) is 0.864. The Kier molecular flexibility index (Phi) is 5.39. The third kappa shape index (κ3) is 4.02. The van der Waals surface area contributed by atoms with Gasteiger partial charge in [0.1, 0.15) is 11.3 Å². The monoisotopic (exact) mass is 325 g/mol. The van der Waals surface area contributed by atoms with Gasteiger partial charge in [-0.3, -0.25) is 4.99 Å². The maximum Gasteiger partial charge on any atom is 0.339 e. The van der Waals surface area contributed by atoms with Crippen LogP contribution in [0.1, 0.15) is 48.7 Å². The van der Waals surface area contributed by atoms with Crippen LogP contribution in [0.4, 0.5) is 0 Å². The Morgan fingerprint density at radius 3 is 2.38 bits per heavy atom. The molecule has 3 rings (SSSR count). The molecule has 0 saturated carbocycles. The zero-order chi connectivity index (χ0) is 17.7. The molecule has 1 aliphatic heterocycles. The smallest absolute Gasteiger partial charge is 0.339 e. The summed E-state index contributed by atoms with van der Waals surface area (Å²) < 4.78 is 0. The van der Waals surface area contributed by atoms with Gasteiger partial charge in [0.05, 0.1) is 5.54 Å². The fourth-order valence-corrected chi connectivity index (χ4v) is 2.80. The highest BCUT2D eigenvalue weighted by atomic mass is 16.4. The highest BCUT2D eigenvalue weighted by Gasteiger charge is 2.27. The van der Waals surface area contributed by atoms with Crippen LogP contribution in [0.25, 0.3) is 0 Å². The summed E-state index contributed by atoms with van der Waals surface area (Å²) in [5.74, 6) is -1.31.